The quantitative estimate of drug-likeness (QED) is 0.836. The molecular formula is C14H16FNO4. The van der Waals surface area contributed by atoms with Crippen LogP contribution in [0.25, 0.3) is 0 Å². The fourth-order valence-electron chi connectivity index (χ4n) is 1.68. The number of methoxy groups -OCH3 is 1. The van der Waals surface area contributed by atoms with Crippen molar-refractivity contribution >= 4 is 11.9 Å². The summed E-state index contributed by atoms with van der Waals surface area (Å²) < 4.78 is 23.3. The zero-order valence-corrected chi connectivity index (χ0v) is 11.3. The van der Waals surface area contributed by atoms with Crippen LogP contribution in [0.5, 0.6) is 5.75 Å². The van der Waals surface area contributed by atoms with E-state index < -0.39 is 18.2 Å². The van der Waals surface area contributed by atoms with Gasteiger partial charge in [-0.05, 0) is 31.9 Å². The molecule has 1 atom stereocenters. The number of carbonyl (C=O) groups is 2. The van der Waals surface area contributed by atoms with Crippen LogP contribution < -0.4 is 10.1 Å². The van der Waals surface area contributed by atoms with E-state index in [1.165, 1.54) is 19.2 Å². The van der Waals surface area contributed by atoms with Crippen molar-refractivity contribution < 1.29 is 23.5 Å². The van der Waals surface area contributed by atoms with Gasteiger partial charge >= 0.3 is 12.3 Å². The highest BCUT2D eigenvalue weighted by molar-refractivity contribution is 5.92. The predicted octanol–water partition coefficient (Wildman–Crippen LogP) is 1.82. The number of para-hydroxylation sites is 1. The molecule has 1 fully saturated rings. The molecule has 0 saturated heterocycles. The summed E-state index contributed by atoms with van der Waals surface area (Å²) in [6, 6.07) is 6.02. The highest BCUT2D eigenvalue weighted by Gasteiger charge is 2.40. The van der Waals surface area contributed by atoms with Gasteiger partial charge in [-0.2, -0.15) is 4.39 Å². The monoisotopic (exact) mass is 281 g/mol. The molecular weight excluding hydrogens is 265 g/mol. The van der Waals surface area contributed by atoms with E-state index in [4.69, 9.17) is 4.74 Å². The minimum atomic E-state index is -2.17. The lowest BCUT2D eigenvalue weighted by atomic mass is 10.2. The fraction of sp³-hybridized carbons (Fsp3) is 0.429. The van der Waals surface area contributed by atoms with Crippen molar-refractivity contribution in [2.75, 3.05) is 7.11 Å². The van der Waals surface area contributed by atoms with E-state index in [1.54, 1.807) is 12.1 Å². The number of benzene rings is 1. The van der Waals surface area contributed by atoms with Crippen LogP contribution in [0.4, 0.5) is 4.39 Å². The predicted molar refractivity (Wildman–Crippen MR) is 69.1 cm³/mol. The molecule has 0 aliphatic heterocycles. The van der Waals surface area contributed by atoms with E-state index in [9.17, 15) is 14.0 Å². The Kier molecular flexibility index (Phi) is 3.92. The second kappa shape index (κ2) is 5.48. The van der Waals surface area contributed by atoms with Crippen molar-refractivity contribution in [1.29, 1.82) is 0 Å². The van der Waals surface area contributed by atoms with Gasteiger partial charge in [0.25, 0.3) is 5.91 Å². The van der Waals surface area contributed by atoms with E-state index in [0.29, 0.717) is 0 Å². The van der Waals surface area contributed by atoms with Gasteiger partial charge in [0.05, 0.1) is 7.11 Å². The van der Waals surface area contributed by atoms with Gasteiger partial charge in [0, 0.05) is 5.54 Å². The maximum absolute atomic E-state index is 13.8. The van der Waals surface area contributed by atoms with Crippen molar-refractivity contribution in [2.24, 2.45) is 0 Å². The normalized spacial score (nSPS) is 16.9. The van der Waals surface area contributed by atoms with Crippen molar-refractivity contribution in [3.63, 3.8) is 0 Å². The van der Waals surface area contributed by atoms with Gasteiger partial charge < -0.3 is 14.8 Å². The molecule has 0 heterocycles. The van der Waals surface area contributed by atoms with E-state index in [1.807, 2.05) is 6.92 Å². The average Bonchev–Trinajstić information content (AvgIpc) is 3.15. The van der Waals surface area contributed by atoms with Crippen LogP contribution in [-0.4, -0.2) is 30.9 Å². The first-order valence-electron chi connectivity index (χ1n) is 6.25. The number of carbonyl (C=O) groups excluding carboxylic acids is 2. The lowest BCUT2D eigenvalue weighted by Crippen LogP contribution is -2.42. The Labute approximate surface area is 116 Å². The summed E-state index contributed by atoms with van der Waals surface area (Å²) in [7, 11) is 1.21. The third-order valence-electron chi connectivity index (χ3n) is 3.15. The summed E-state index contributed by atoms with van der Waals surface area (Å²) in [5.41, 5.74) is -0.254. The molecule has 108 valence electrons. The summed E-state index contributed by atoms with van der Waals surface area (Å²) >= 11 is 0. The van der Waals surface area contributed by atoms with E-state index in [2.05, 4.69) is 10.1 Å². The largest absolute Gasteiger partial charge is 0.465 e. The molecule has 1 aromatic carbocycles. The third kappa shape index (κ3) is 3.26. The molecule has 1 unspecified atom stereocenters. The zero-order chi connectivity index (χ0) is 14.8. The highest BCUT2D eigenvalue weighted by atomic mass is 19.1. The molecule has 1 aromatic rings. The number of hydrogen-bond acceptors (Lipinski definition) is 4. The molecule has 5 nitrogen and oxygen atoms in total. The van der Waals surface area contributed by atoms with Gasteiger partial charge in [-0.25, -0.2) is 4.79 Å². The first-order valence-corrected chi connectivity index (χ1v) is 6.25. The summed E-state index contributed by atoms with van der Waals surface area (Å²) in [6.45, 7) is 1.83. The Balaban J connectivity index is 2.05. The number of rotatable bonds is 5. The smallest absolute Gasteiger partial charge is 0.341 e. The lowest BCUT2D eigenvalue weighted by molar-refractivity contribution is -0.136. The molecule has 0 spiro atoms. The summed E-state index contributed by atoms with van der Waals surface area (Å²) in [5, 5.41) is 2.56. The van der Waals surface area contributed by atoms with Gasteiger partial charge in [-0.3, -0.25) is 4.79 Å². The van der Waals surface area contributed by atoms with Crippen LogP contribution in [0.15, 0.2) is 24.3 Å². The number of ether oxygens (including phenoxy) is 2. The molecule has 0 aromatic heterocycles. The Morgan fingerprint density at radius 1 is 1.35 bits per heavy atom. The molecule has 6 heteroatoms. The van der Waals surface area contributed by atoms with Crippen LogP contribution in [-0.2, 0) is 9.53 Å². The van der Waals surface area contributed by atoms with Gasteiger partial charge in [0.15, 0.2) is 0 Å². The molecule has 1 aliphatic rings. The minimum absolute atomic E-state index is 0.0250. The number of alkyl halides is 1. The SMILES string of the molecule is COC(=O)c1ccccc1OC(F)C(=O)NC1(C)CC1. The van der Waals surface area contributed by atoms with Crippen LogP contribution in [0, 0.1) is 0 Å². The fourth-order valence-corrected chi connectivity index (χ4v) is 1.68. The van der Waals surface area contributed by atoms with Crippen LogP contribution in [0.3, 0.4) is 0 Å². The summed E-state index contributed by atoms with van der Waals surface area (Å²) in [4.78, 5) is 23.1. The second-order valence-corrected chi connectivity index (χ2v) is 4.97. The second-order valence-electron chi connectivity index (χ2n) is 4.97. The number of nitrogens with one attached hydrogen (secondary N) is 1. The number of amides is 1. The molecule has 20 heavy (non-hydrogen) atoms. The Morgan fingerprint density at radius 2 is 2.00 bits per heavy atom. The highest BCUT2D eigenvalue weighted by Crippen LogP contribution is 2.34. The minimum Gasteiger partial charge on any atom is -0.465 e. The van der Waals surface area contributed by atoms with Crippen LogP contribution in [0.2, 0.25) is 0 Å². The van der Waals surface area contributed by atoms with Gasteiger partial charge in [-0.15, -0.1) is 0 Å². The summed E-state index contributed by atoms with van der Waals surface area (Å²) in [6.07, 6.45) is -0.521. The van der Waals surface area contributed by atoms with Crippen molar-refractivity contribution in [3.05, 3.63) is 29.8 Å². The molecule has 1 amide bonds. The van der Waals surface area contributed by atoms with E-state index >= 15 is 0 Å². The van der Waals surface area contributed by atoms with Gasteiger partial charge in [0.1, 0.15) is 11.3 Å². The van der Waals surface area contributed by atoms with Crippen molar-refractivity contribution in [2.45, 2.75) is 31.7 Å². The van der Waals surface area contributed by atoms with Gasteiger partial charge in [0.2, 0.25) is 0 Å². The molecule has 0 bridgehead atoms. The van der Waals surface area contributed by atoms with Crippen LogP contribution >= 0.6 is 0 Å². The Morgan fingerprint density at radius 3 is 2.60 bits per heavy atom. The Bertz CT molecular complexity index is 528. The molecule has 2 rings (SSSR count). The number of esters is 1. The lowest BCUT2D eigenvalue weighted by Gasteiger charge is -2.16. The van der Waals surface area contributed by atoms with E-state index in [0.717, 1.165) is 12.8 Å². The molecule has 1 N–H and O–H groups in total. The average molecular weight is 281 g/mol. The third-order valence-corrected chi connectivity index (χ3v) is 3.15. The van der Waals surface area contributed by atoms with Crippen LogP contribution in [0.1, 0.15) is 30.1 Å². The van der Waals surface area contributed by atoms with Crippen molar-refractivity contribution in [3.8, 4) is 5.75 Å². The maximum Gasteiger partial charge on any atom is 0.341 e. The molecule has 0 radical (unpaired) electrons. The Hall–Kier alpha value is -2.11. The van der Waals surface area contributed by atoms with Gasteiger partial charge in [-0.1, -0.05) is 12.1 Å². The number of halogens is 1. The van der Waals surface area contributed by atoms with E-state index in [-0.39, 0.29) is 16.9 Å². The van der Waals surface area contributed by atoms with Crippen molar-refractivity contribution in [1.82, 2.24) is 5.32 Å². The standard InChI is InChI=1S/C14H16FNO4/c1-14(7-8-14)16-12(17)11(15)20-10-6-4-3-5-9(10)13(18)19-2/h3-6,11H,7-8H2,1-2H3,(H,16,17). The first kappa shape index (κ1) is 14.3. The molecule has 1 aliphatic carbocycles. The summed E-state index contributed by atoms with van der Waals surface area (Å²) in [5.74, 6) is -1.52. The number of hydrogen-bond donors (Lipinski definition) is 1. The maximum atomic E-state index is 13.8. The first-order chi connectivity index (χ1) is 9.45. The molecule has 1 saturated carbocycles. The topological polar surface area (TPSA) is 64.6 Å². The zero-order valence-electron chi connectivity index (χ0n) is 11.3.